The Hall–Kier alpha value is -1.70. The molecule has 2 N–H and O–H groups in total. The van der Waals surface area contributed by atoms with Crippen LogP contribution in [0.2, 0.25) is 0 Å². The lowest BCUT2D eigenvalue weighted by molar-refractivity contribution is 0.0697. The van der Waals surface area contributed by atoms with Gasteiger partial charge in [-0.3, -0.25) is 0 Å². The summed E-state index contributed by atoms with van der Waals surface area (Å²) in [4.78, 5) is 18.4. The van der Waals surface area contributed by atoms with Crippen molar-refractivity contribution in [1.82, 2.24) is 9.97 Å². The molecule has 1 aromatic rings. The lowest BCUT2D eigenvalue weighted by atomic mass is 10.1. The highest BCUT2D eigenvalue weighted by Crippen LogP contribution is 2.19. The lowest BCUT2D eigenvalue weighted by Crippen LogP contribution is -2.18. The molecule has 1 aliphatic heterocycles. The van der Waals surface area contributed by atoms with Gasteiger partial charge in [0.1, 0.15) is 17.7 Å². The van der Waals surface area contributed by atoms with Gasteiger partial charge in [-0.2, -0.15) is 0 Å². The van der Waals surface area contributed by atoms with Gasteiger partial charge in [0.25, 0.3) is 0 Å². The zero-order valence-electron chi connectivity index (χ0n) is 9.54. The highest BCUT2D eigenvalue weighted by molar-refractivity contribution is 7.91. The van der Waals surface area contributed by atoms with Crippen LogP contribution in [0.1, 0.15) is 16.8 Å². The summed E-state index contributed by atoms with van der Waals surface area (Å²) in [6, 6.07) is 0. The number of rotatable bonds is 4. The van der Waals surface area contributed by atoms with E-state index in [1.54, 1.807) is 0 Å². The summed E-state index contributed by atoms with van der Waals surface area (Å²) in [6.07, 6.45) is 3.06. The van der Waals surface area contributed by atoms with Gasteiger partial charge in [-0.15, -0.1) is 0 Å². The molecule has 8 heteroatoms. The molecule has 1 saturated heterocycles. The summed E-state index contributed by atoms with van der Waals surface area (Å²) in [5.41, 5.74) is -0.0154. The molecule has 0 spiro atoms. The summed E-state index contributed by atoms with van der Waals surface area (Å²) in [7, 11) is -2.92. The first kappa shape index (κ1) is 12.7. The standard InChI is InChI=1S/C10H13N3O4S/c14-10(15)8-4-11-6-13-9(8)12-3-7-1-2-18(16,17)5-7/h4,6-7H,1-3,5H2,(H,14,15)(H,11,12,13)/t7-/m1/s1. The maximum Gasteiger partial charge on any atom is 0.341 e. The molecule has 2 rings (SSSR count). The van der Waals surface area contributed by atoms with Gasteiger partial charge >= 0.3 is 5.97 Å². The lowest BCUT2D eigenvalue weighted by Gasteiger charge is -2.11. The second kappa shape index (κ2) is 4.89. The Morgan fingerprint density at radius 1 is 1.56 bits per heavy atom. The quantitative estimate of drug-likeness (QED) is 0.794. The number of sulfone groups is 1. The second-order valence-electron chi connectivity index (χ2n) is 4.24. The van der Waals surface area contributed by atoms with Crippen LogP contribution in [-0.4, -0.2) is 47.5 Å². The Bertz CT molecular complexity index is 558. The van der Waals surface area contributed by atoms with Crippen molar-refractivity contribution in [2.45, 2.75) is 6.42 Å². The minimum Gasteiger partial charge on any atom is -0.477 e. The molecule has 0 amide bonds. The van der Waals surface area contributed by atoms with Gasteiger partial charge in [0.15, 0.2) is 9.84 Å². The minimum atomic E-state index is -2.92. The highest BCUT2D eigenvalue weighted by Gasteiger charge is 2.27. The van der Waals surface area contributed by atoms with Crippen LogP contribution in [0.4, 0.5) is 5.82 Å². The van der Waals surface area contributed by atoms with Gasteiger partial charge < -0.3 is 10.4 Å². The second-order valence-corrected chi connectivity index (χ2v) is 6.47. The fourth-order valence-corrected chi connectivity index (χ4v) is 3.76. The summed E-state index contributed by atoms with van der Waals surface area (Å²) in [6.45, 7) is 0.399. The maximum atomic E-state index is 11.3. The first-order valence-electron chi connectivity index (χ1n) is 5.45. The number of carboxylic acids is 1. The van der Waals surface area contributed by atoms with E-state index >= 15 is 0 Å². The van der Waals surface area contributed by atoms with E-state index < -0.39 is 15.8 Å². The molecule has 0 radical (unpaired) electrons. The van der Waals surface area contributed by atoms with E-state index in [0.29, 0.717) is 13.0 Å². The van der Waals surface area contributed by atoms with Crippen molar-refractivity contribution in [1.29, 1.82) is 0 Å². The van der Waals surface area contributed by atoms with E-state index in [2.05, 4.69) is 15.3 Å². The Labute approximate surface area is 104 Å². The summed E-state index contributed by atoms with van der Waals surface area (Å²) < 4.78 is 22.6. The third-order valence-electron chi connectivity index (χ3n) is 2.83. The zero-order valence-corrected chi connectivity index (χ0v) is 10.4. The van der Waals surface area contributed by atoms with Crippen LogP contribution in [-0.2, 0) is 9.84 Å². The van der Waals surface area contributed by atoms with E-state index in [1.807, 2.05) is 0 Å². The molecular formula is C10H13N3O4S. The monoisotopic (exact) mass is 271 g/mol. The van der Waals surface area contributed by atoms with E-state index in [4.69, 9.17) is 5.11 Å². The third-order valence-corrected chi connectivity index (χ3v) is 4.66. The van der Waals surface area contributed by atoms with Crippen LogP contribution in [0.3, 0.4) is 0 Å². The number of nitrogens with one attached hydrogen (secondary N) is 1. The van der Waals surface area contributed by atoms with Crippen molar-refractivity contribution in [2.24, 2.45) is 5.92 Å². The van der Waals surface area contributed by atoms with Crippen LogP contribution in [0.25, 0.3) is 0 Å². The predicted octanol–water partition coefficient (Wildman–Crippen LogP) is 0.0214. The minimum absolute atomic E-state index is 0.00612. The Morgan fingerprint density at radius 3 is 2.94 bits per heavy atom. The fraction of sp³-hybridized carbons (Fsp3) is 0.500. The van der Waals surface area contributed by atoms with Crippen molar-refractivity contribution in [3.8, 4) is 0 Å². The largest absolute Gasteiger partial charge is 0.477 e. The SMILES string of the molecule is O=C(O)c1cncnc1NC[C@H]1CCS(=O)(=O)C1. The Morgan fingerprint density at radius 2 is 2.33 bits per heavy atom. The predicted molar refractivity (Wildman–Crippen MR) is 64.2 cm³/mol. The van der Waals surface area contributed by atoms with Gasteiger partial charge in [0.05, 0.1) is 11.5 Å². The number of hydrogen-bond acceptors (Lipinski definition) is 6. The highest BCUT2D eigenvalue weighted by atomic mass is 32.2. The zero-order chi connectivity index (χ0) is 13.2. The molecule has 2 heterocycles. The smallest absolute Gasteiger partial charge is 0.341 e. The molecule has 1 aliphatic rings. The van der Waals surface area contributed by atoms with Crippen molar-refractivity contribution >= 4 is 21.6 Å². The van der Waals surface area contributed by atoms with Gasteiger partial charge in [0.2, 0.25) is 0 Å². The molecule has 1 fully saturated rings. The topological polar surface area (TPSA) is 109 Å². The van der Waals surface area contributed by atoms with Gasteiger partial charge in [-0.1, -0.05) is 0 Å². The molecule has 7 nitrogen and oxygen atoms in total. The fourth-order valence-electron chi connectivity index (χ4n) is 1.90. The van der Waals surface area contributed by atoms with Gasteiger partial charge in [-0.05, 0) is 12.3 Å². The van der Waals surface area contributed by atoms with Crippen LogP contribution in [0, 0.1) is 5.92 Å². The average molecular weight is 271 g/mol. The van der Waals surface area contributed by atoms with Crippen LogP contribution in [0.5, 0.6) is 0 Å². The number of carbonyl (C=O) groups is 1. The van der Waals surface area contributed by atoms with Gasteiger partial charge in [-0.25, -0.2) is 23.2 Å². The summed E-state index contributed by atoms with van der Waals surface area (Å²) >= 11 is 0. The molecule has 98 valence electrons. The molecule has 0 saturated carbocycles. The van der Waals surface area contributed by atoms with Gasteiger partial charge in [0, 0.05) is 12.7 Å². The third kappa shape index (κ3) is 2.95. The maximum absolute atomic E-state index is 11.3. The number of aromatic carboxylic acids is 1. The van der Waals surface area contributed by atoms with Crippen LogP contribution in [0.15, 0.2) is 12.5 Å². The normalized spacial score (nSPS) is 21.7. The number of nitrogens with zero attached hydrogens (tertiary/aromatic N) is 2. The molecule has 1 aromatic heterocycles. The van der Waals surface area contributed by atoms with Crippen LogP contribution >= 0.6 is 0 Å². The number of aromatic nitrogens is 2. The average Bonchev–Trinajstić information content (AvgIpc) is 2.66. The van der Waals surface area contributed by atoms with Crippen molar-refractivity contribution in [2.75, 3.05) is 23.4 Å². The first-order valence-corrected chi connectivity index (χ1v) is 7.27. The van der Waals surface area contributed by atoms with Crippen molar-refractivity contribution in [3.63, 3.8) is 0 Å². The Kier molecular flexibility index (Phi) is 3.46. The summed E-state index contributed by atoms with van der Waals surface area (Å²) in [5.74, 6) is -0.534. The number of anilines is 1. The molecule has 0 aliphatic carbocycles. The van der Waals surface area contributed by atoms with E-state index in [1.165, 1.54) is 12.5 Å². The summed E-state index contributed by atoms with van der Waals surface area (Å²) in [5, 5.41) is 11.8. The first-order chi connectivity index (χ1) is 8.48. The van der Waals surface area contributed by atoms with Crippen molar-refractivity contribution in [3.05, 3.63) is 18.1 Å². The number of carboxylic acid groups (broad SMARTS) is 1. The van der Waals surface area contributed by atoms with Crippen LogP contribution < -0.4 is 5.32 Å². The van der Waals surface area contributed by atoms with E-state index in [9.17, 15) is 13.2 Å². The molecule has 0 bridgehead atoms. The van der Waals surface area contributed by atoms with E-state index in [-0.39, 0.29) is 28.8 Å². The molecule has 0 unspecified atom stereocenters. The molecular weight excluding hydrogens is 258 g/mol. The Balaban J connectivity index is 2.01. The molecule has 0 aromatic carbocycles. The van der Waals surface area contributed by atoms with E-state index in [0.717, 1.165) is 0 Å². The van der Waals surface area contributed by atoms with Crippen molar-refractivity contribution < 1.29 is 18.3 Å². The molecule has 1 atom stereocenters. The molecule has 18 heavy (non-hydrogen) atoms. The number of hydrogen-bond donors (Lipinski definition) is 2.